The van der Waals surface area contributed by atoms with Gasteiger partial charge in [0.05, 0.1) is 5.69 Å². The van der Waals surface area contributed by atoms with Gasteiger partial charge >= 0.3 is 0 Å². The number of hydrogen-bond donors (Lipinski definition) is 0. The molecule has 0 spiro atoms. The van der Waals surface area contributed by atoms with Crippen molar-refractivity contribution in [1.82, 2.24) is 19.6 Å². The van der Waals surface area contributed by atoms with Crippen LogP contribution in [-0.4, -0.2) is 57.2 Å². The molecule has 5 rings (SSSR count). The molecule has 3 fully saturated rings. The fourth-order valence-corrected chi connectivity index (χ4v) is 6.34. The van der Waals surface area contributed by atoms with Crippen LogP contribution in [0.15, 0.2) is 42.7 Å². The van der Waals surface area contributed by atoms with Gasteiger partial charge < -0.3 is 4.90 Å². The zero-order chi connectivity index (χ0) is 21.4. The van der Waals surface area contributed by atoms with Crippen LogP contribution in [0, 0.1) is 17.8 Å². The minimum absolute atomic E-state index is 0.202. The summed E-state index contributed by atoms with van der Waals surface area (Å²) in [5.41, 5.74) is 1.79. The molecule has 0 unspecified atom stereocenters. The van der Waals surface area contributed by atoms with Gasteiger partial charge in [-0.3, -0.25) is 9.69 Å². The largest absolute Gasteiger partial charge is 0.338 e. The van der Waals surface area contributed by atoms with Gasteiger partial charge in [-0.1, -0.05) is 20.3 Å². The predicted molar refractivity (Wildman–Crippen MR) is 123 cm³/mol. The minimum atomic E-state index is 0.202. The second kappa shape index (κ2) is 8.78. The number of carbonyl (C=O) groups excluding carboxylic acids is 1. The molecule has 5 heteroatoms. The number of carbonyl (C=O) groups is 1. The van der Waals surface area contributed by atoms with Gasteiger partial charge in [0.2, 0.25) is 0 Å². The van der Waals surface area contributed by atoms with Crippen LogP contribution in [0.5, 0.6) is 0 Å². The van der Waals surface area contributed by atoms with Crippen molar-refractivity contribution in [2.75, 3.05) is 19.6 Å². The summed E-state index contributed by atoms with van der Waals surface area (Å²) < 4.78 is 1.83. The number of amides is 1. The first kappa shape index (κ1) is 20.7. The summed E-state index contributed by atoms with van der Waals surface area (Å²) in [6.07, 6.45) is 11.6. The Bertz CT molecular complexity index is 875. The lowest BCUT2D eigenvalue weighted by molar-refractivity contribution is -0.0681. The van der Waals surface area contributed by atoms with Crippen molar-refractivity contribution in [3.8, 4) is 5.69 Å². The molecule has 0 aliphatic carbocycles. The number of nitrogens with zero attached hydrogens (tertiary/aromatic N) is 4. The molecule has 166 valence electrons. The van der Waals surface area contributed by atoms with Gasteiger partial charge in [-0.15, -0.1) is 0 Å². The Kier molecular flexibility index (Phi) is 5.87. The average Bonchev–Trinajstić information content (AvgIpc) is 3.33. The van der Waals surface area contributed by atoms with Gasteiger partial charge in [0.25, 0.3) is 5.91 Å². The summed E-state index contributed by atoms with van der Waals surface area (Å²) in [4.78, 5) is 18.5. The zero-order valence-corrected chi connectivity index (χ0v) is 19.0. The van der Waals surface area contributed by atoms with Crippen molar-refractivity contribution in [1.29, 1.82) is 0 Å². The van der Waals surface area contributed by atoms with E-state index in [1.54, 1.807) is 6.20 Å². The van der Waals surface area contributed by atoms with Crippen LogP contribution in [-0.2, 0) is 0 Å². The molecule has 1 aromatic heterocycles. The number of hydrogen-bond acceptors (Lipinski definition) is 3. The normalized spacial score (nSPS) is 28.5. The Morgan fingerprint density at radius 3 is 2.68 bits per heavy atom. The van der Waals surface area contributed by atoms with E-state index in [2.05, 4.69) is 28.7 Å². The minimum Gasteiger partial charge on any atom is -0.338 e. The van der Waals surface area contributed by atoms with E-state index in [4.69, 9.17) is 0 Å². The van der Waals surface area contributed by atoms with E-state index in [1.807, 2.05) is 41.2 Å². The van der Waals surface area contributed by atoms with Crippen molar-refractivity contribution in [3.63, 3.8) is 0 Å². The standard InChI is InChI=1S/C26H36N4O/c1-19(2)7-12-25-22-16-21(24-6-3-4-14-29(24)25)17-28(18-22)26(31)20-8-10-23(11-9-20)30-15-5-13-27-30/h5,8-11,13,15,19,21-22,24-25H,3-4,6-7,12,14,16-18H2,1-2H3/t21-,22+,24+,25+/m1/s1. The number of likely N-dealkylation sites (tertiary alicyclic amines) is 1. The molecule has 0 saturated carbocycles. The smallest absolute Gasteiger partial charge is 0.253 e. The van der Waals surface area contributed by atoms with Crippen molar-refractivity contribution in [3.05, 3.63) is 48.3 Å². The second-order valence-electron chi connectivity index (χ2n) is 10.3. The predicted octanol–water partition coefficient (Wildman–Crippen LogP) is 4.62. The molecule has 3 saturated heterocycles. The van der Waals surface area contributed by atoms with Gasteiger partial charge in [-0.2, -0.15) is 5.10 Å². The topological polar surface area (TPSA) is 41.4 Å². The molecule has 2 aromatic rings. The fourth-order valence-electron chi connectivity index (χ4n) is 6.34. The highest BCUT2D eigenvalue weighted by Crippen LogP contribution is 2.43. The molecule has 5 nitrogen and oxygen atoms in total. The van der Waals surface area contributed by atoms with E-state index < -0.39 is 0 Å². The monoisotopic (exact) mass is 420 g/mol. The molecule has 3 aliphatic heterocycles. The van der Waals surface area contributed by atoms with Gasteiger partial charge in [0.15, 0.2) is 0 Å². The third-order valence-electron chi connectivity index (χ3n) is 7.83. The molecule has 0 N–H and O–H groups in total. The lowest BCUT2D eigenvalue weighted by Gasteiger charge is -2.57. The van der Waals surface area contributed by atoms with Crippen LogP contribution >= 0.6 is 0 Å². The maximum atomic E-state index is 13.5. The molecular weight excluding hydrogens is 384 g/mol. The lowest BCUT2D eigenvalue weighted by Crippen LogP contribution is -2.64. The quantitative estimate of drug-likeness (QED) is 0.709. The fraction of sp³-hybridized carbons (Fsp3) is 0.615. The van der Waals surface area contributed by atoms with Crippen molar-refractivity contribution in [2.24, 2.45) is 17.8 Å². The van der Waals surface area contributed by atoms with Crippen LogP contribution in [0.2, 0.25) is 0 Å². The highest BCUT2D eigenvalue weighted by molar-refractivity contribution is 5.94. The third-order valence-corrected chi connectivity index (χ3v) is 7.83. The van der Waals surface area contributed by atoms with Crippen LogP contribution in [0.3, 0.4) is 0 Å². The maximum absolute atomic E-state index is 13.5. The summed E-state index contributed by atoms with van der Waals surface area (Å²) in [7, 11) is 0. The molecule has 31 heavy (non-hydrogen) atoms. The van der Waals surface area contributed by atoms with Crippen molar-refractivity contribution in [2.45, 2.75) is 64.5 Å². The molecule has 4 heterocycles. The van der Waals surface area contributed by atoms with Gasteiger partial charge in [-0.05, 0) is 86.7 Å². The number of aromatic nitrogens is 2. The first-order chi connectivity index (χ1) is 15.1. The molecule has 1 amide bonds. The SMILES string of the molecule is CC(C)CC[C@H]1[C@H]2C[C@H](CN(C(=O)c3ccc(-n4cccn4)cc3)C2)[C@@H]2CCCCN21. The number of piperidine rings is 3. The van der Waals surface area contributed by atoms with Gasteiger partial charge in [0, 0.05) is 43.1 Å². The number of fused-ring (bicyclic) bond motifs is 4. The first-order valence-electron chi connectivity index (χ1n) is 12.2. The van der Waals surface area contributed by atoms with Gasteiger partial charge in [0.1, 0.15) is 0 Å². The average molecular weight is 421 g/mol. The highest BCUT2D eigenvalue weighted by atomic mass is 16.2. The lowest BCUT2D eigenvalue weighted by atomic mass is 9.71. The Balaban J connectivity index is 1.33. The Hall–Kier alpha value is -2.14. The number of benzene rings is 1. The molecule has 4 atom stereocenters. The van der Waals surface area contributed by atoms with Gasteiger partial charge in [-0.25, -0.2) is 4.68 Å². The molecule has 1 aromatic carbocycles. The van der Waals surface area contributed by atoms with Crippen LogP contribution in [0.25, 0.3) is 5.69 Å². The second-order valence-corrected chi connectivity index (χ2v) is 10.3. The molecule has 0 radical (unpaired) electrons. The van der Waals surface area contributed by atoms with Crippen molar-refractivity contribution < 1.29 is 4.79 Å². The third kappa shape index (κ3) is 4.17. The summed E-state index contributed by atoms with van der Waals surface area (Å²) in [5, 5.41) is 4.28. The number of rotatable bonds is 5. The Morgan fingerprint density at radius 1 is 1.13 bits per heavy atom. The Labute approximate surface area is 186 Å². The summed E-state index contributed by atoms with van der Waals surface area (Å²) >= 11 is 0. The van der Waals surface area contributed by atoms with Crippen molar-refractivity contribution >= 4 is 5.91 Å². The first-order valence-corrected chi connectivity index (χ1v) is 12.2. The van der Waals surface area contributed by atoms with E-state index in [0.29, 0.717) is 23.9 Å². The molecule has 3 aliphatic rings. The van der Waals surface area contributed by atoms with Crippen LogP contribution in [0.4, 0.5) is 0 Å². The van der Waals surface area contributed by atoms with Crippen LogP contribution in [0.1, 0.15) is 62.7 Å². The molecular formula is C26H36N4O. The zero-order valence-electron chi connectivity index (χ0n) is 19.0. The summed E-state index contributed by atoms with van der Waals surface area (Å²) in [6.45, 7) is 7.78. The van der Waals surface area contributed by atoms with E-state index in [0.717, 1.165) is 30.3 Å². The maximum Gasteiger partial charge on any atom is 0.253 e. The van der Waals surface area contributed by atoms with Crippen LogP contribution < -0.4 is 0 Å². The summed E-state index contributed by atoms with van der Waals surface area (Å²) in [6, 6.07) is 11.2. The Morgan fingerprint density at radius 2 is 1.94 bits per heavy atom. The molecule has 2 bridgehead atoms. The summed E-state index contributed by atoms with van der Waals surface area (Å²) in [5.74, 6) is 2.21. The van der Waals surface area contributed by atoms with E-state index in [1.165, 1.54) is 45.1 Å². The highest BCUT2D eigenvalue weighted by Gasteiger charge is 2.47. The van der Waals surface area contributed by atoms with E-state index in [-0.39, 0.29) is 5.91 Å². The van der Waals surface area contributed by atoms with E-state index in [9.17, 15) is 4.79 Å². The van der Waals surface area contributed by atoms with E-state index >= 15 is 0 Å².